The number of hydrogen-bond acceptors (Lipinski definition) is 0. The molecule has 0 spiro atoms. The molecule has 0 radical (unpaired) electrons. The minimum Gasteiger partial charge on any atom is -0.228 e. The van der Waals surface area contributed by atoms with Crippen LogP contribution in [-0.2, 0) is 11.0 Å². The van der Waals surface area contributed by atoms with Crippen LogP contribution in [0.3, 0.4) is 0 Å². The number of rotatable bonds is 3. The van der Waals surface area contributed by atoms with E-state index in [1.54, 1.807) is 0 Å². The first-order valence-corrected chi connectivity index (χ1v) is 8.63. The van der Waals surface area contributed by atoms with Crippen molar-refractivity contribution in [3.05, 3.63) is 42.2 Å². The van der Waals surface area contributed by atoms with Crippen molar-refractivity contribution < 1.29 is 4.57 Å². The van der Waals surface area contributed by atoms with Crippen LogP contribution in [-0.4, -0.2) is 4.57 Å². The number of benzene rings is 1. The molecule has 0 fully saturated rings. The molecule has 1 aliphatic rings. The van der Waals surface area contributed by atoms with Gasteiger partial charge >= 0.3 is 0 Å². The maximum Gasteiger partial charge on any atom is 0.289 e. The van der Waals surface area contributed by atoms with Gasteiger partial charge in [0.1, 0.15) is 17.9 Å². The summed E-state index contributed by atoms with van der Waals surface area (Å²) in [4.78, 5) is 0. The van der Waals surface area contributed by atoms with Gasteiger partial charge in [-0.2, -0.15) is 0 Å². The van der Waals surface area contributed by atoms with Crippen LogP contribution < -0.4 is 4.57 Å². The Labute approximate surface area is 134 Å². The highest BCUT2D eigenvalue weighted by molar-refractivity contribution is 5.64. The second-order valence-corrected chi connectivity index (χ2v) is 7.35. The van der Waals surface area contributed by atoms with Crippen LogP contribution >= 0.6 is 0 Å². The van der Waals surface area contributed by atoms with Crippen LogP contribution in [0, 0.1) is 0 Å². The lowest BCUT2D eigenvalue weighted by atomic mass is 9.61. The van der Waals surface area contributed by atoms with Crippen LogP contribution in [0.25, 0.3) is 11.4 Å². The quantitative estimate of drug-likeness (QED) is 0.718. The zero-order valence-electron chi connectivity index (χ0n) is 14.9. The van der Waals surface area contributed by atoms with Crippen LogP contribution in [0.5, 0.6) is 0 Å². The van der Waals surface area contributed by atoms with Crippen molar-refractivity contribution in [3.63, 3.8) is 0 Å². The molecule has 0 bridgehead atoms. The summed E-state index contributed by atoms with van der Waals surface area (Å²) in [7, 11) is 0. The van der Waals surface area contributed by atoms with Crippen molar-refractivity contribution >= 4 is 0 Å². The van der Waals surface area contributed by atoms with Crippen molar-refractivity contribution in [2.24, 2.45) is 0 Å². The summed E-state index contributed by atoms with van der Waals surface area (Å²) in [5.41, 5.74) is 3.16. The van der Waals surface area contributed by atoms with E-state index in [9.17, 15) is 0 Å². The van der Waals surface area contributed by atoms with Gasteiger partial charge in [-0.1, -0.05) is 39.0 Å². The Bertz CT molecular complexity index is 697. The molecule has 0 saturated heterocycles. The first-order valence-electron chi connectivity index (χ1n) is 8.63. The zero-order valence-corrected chi connectivity index (χ0v) is 14.9. The monoisotopic (exact) mass is 297 g/mol. The maximum absolute atomic E-state index is 2.54. The molecule has 1 aliphatic heterocycles. The normalized spacial score (nSPS) is 26.9. The minimum atomic E-state index is 0.103. The molecule has 2 unspecified atom stereocenters. The fourth-order valence-electron chi connectivity index (χ4n) is 4.33. The predicted octanol–water partition coefficient (Wildman–Crippen LogP) is 4.83. The summed E-state index contributed by atoms with van der Waals surface area (Å²) in [6.07, 6.45) is 6.83. The Morgan fingerprint density at radius 3 is 2.36 bits per heavy atom. The van der Waals surface area contributed by atoms with Gasteiger partial charge < -0.3 is 0 Å². The summed E-state index contributed by atoms with van der Waals surface area (Å²) >= 11 is 0. The molecule has 2 heterocycles. The Morgan fingerprint density at radius 2 is 1.77 bits per heavy atom. The lowest BCUT2D eigenvalue weighted by Crippen LogP contribution is -2.53. The SMILES string of the molecule is CCC1(C)c2ccccc2-c2n(cc[n+]2C(C)C)C1(C)CC. The first kappa shape index (κ1) is 15.3. The topological polar surface area (TPSA) is 8.81 Å². The highest BCUT2D eigenvalue weighted by Crippen LogP contribution is 2.52. The number of nitrogens with zero attached hydrogens (tertiary/aromatic N) is 2. The van der Waals surface area contributed by atoms with Crippen LogP contribution in [0.15, 0.2) is 36.7 Å². The van der Waals surface area contributed by atoms with Gasteiger partial charge in [-0.05, 0) is 45.2 Å². The van der Waals surface area contributed by atoms with Crippen molar-refractivity contribution in [3.8, 4) is 11.4 Å². The molecule has 1 aromatic carbocycles. The van der Waals surface area contributed by atoms with Crippen molar-refractivity contribution in [2.75, 3.05) is 0 Å². The predicted molar refractivity (Wildman–Crippen MR) is 92.0 cm³/mol. The Kier molecular flexibility index (Phi) is 3.47. The number of hydrogen-bond donors (Lipinski definition) is 0. The smallest absolute Gasteiger partial charge is 0.228 e. The number of aromatic nitrogens is 2. The molecule has 0 saturated carbocycles. The zero-order chi connectivity index (χ0) is 16.1. The average Bonchev–Trinajstić information content (AvgIpc) is 2.98. The standard InChI is InChI=1S/C20H29N2/c1-7-19(5)17-12-10-9-11-16(17)18-21(15(3)4)13-14-22(18)20(19,6)8-2/h9-15H,7-8H2,1-6H3/q+1. The van der Waals surface area contributed by atoms with Gasteiger partial charge in [0.25, 0.3) is 5.82 Å². The molecule has 0 N–H and O–H groups in total. The van der Waals surface area contributed by atoms with Gasteiger partial charge in [-0.25, -0.2) is 9.13 Å². The van der Waals surface area contributed by atoms with E-state index in [-0.39, 0.29) is 11.0 Å². The van der Waals surface area contributed by atoms with E-state index in [0.29, 0.717) is 6.04 Å². The summed E-state index contributed by atoms with van der Waals surface area (Å²) in [6.45, 7) is 14.1. The third-order valence-corrected chi connectivity index (χ3v) is 6.28. The summed E-state index contributed by atoms with van der Waals surface area (Å²) < 4.78 is 4.96. The van der Waals surface area contributed by atoms with Crippen LogP contribution in [0.2, 0.25) is 0 Å². The lowest BCUT2D eigenvalue weighted by molar-refractivity contribution is -0.705. The van der Waals surface area contributed by atoms with Crippen molar-refractivity contribution in [2.45, 2.75) is 71.4 Å². The van der Waals surface area contributed by atoms with Gasteiger partial charge in [0.05, 0.1) is 11.6 Å². The average molecular weight is 297 g/mol. The van der Waals surface area contributed by atoms with Gasteiger partial charge in [-0.3, -0.25) is 0 Å². The van der Waals surface area contributed by atoms with E-state index in [0.717, 1.165) is 12.8 Å². The molecular weight excluding hydrogens is 268 g/mol. The molecule has 0 aliphatic carbocycles. The molecule has 2 aromatic rings. The fourth-order valence-corrected chi connectivity index (χ4v) is 4.33. The van der Waals surface area contributed by atoms with Gasteiger partial charge in [-0.15, -0.1) is 0 Å². The van der Waals surface area contributed by atoms with Gasteiger partial charge in [0.15, 0.2) is 0 Å². The van der Waals surface area contributed by atoms with E-state index in [2.05, 4.69) is 87.3 Å². The van der Waals surface area contributed by atoms with E-state index in [1.807, 2.05) is 0 Å². The van der Waals surface area contributed by atoms with Gasteiger partial charge in [0.2, 0.25) is 0 Å². The lowest BCUT2D eigenvalue weighted by Gasteiger charge is -2.47. The second-order valence-electron chi connectivity index (χ2n) is 7.35. The first-order chi connectivity index (χ1) is 10.4. The fraction of sp³-hybridized carbons (Fsp3) is 0.550. The molecule has 0 amide bonds. The summed E-state index contributed by atoms with van der Waals surface area (Å²) in [5.74, 6) is 1.36. The van der Waals surface area contributed by atoms with E-state index < -0.39 is 0 Å². The van der Waals surface area contributed by atoms with Crippen molar-refractivity contribution in [1.29, 1.82) is 0 Å². The second kappa shape index (κ2) is 4.97. The van der Waals surface area contributed by atoms with E-state index in [4.69, 9.17) is 0 Å². The van der Waals surface area contributed by atoms with Crippen LogP contribution in [0.1, 0.15) is 66.0 Å². The largest absolute Gasteiger partial charge is 0.289 e. The molecule has 2 nitrogen and oxygen atoms in total. The molecule has 3 rings (SSSR count). The highest BCUT2D eigenvalue weighted by atomic mass is 15.2. The Hall–Kier alpha value is -1.57. The molecule has 22 heavy (non-hydrogen) atoms. The van der Waals surface area contributed by atoms with E-state index in [1.165, 1.54) is 17.0 Å². The van der Waals surface area contributed by atoms with E-state index >= 15 is 0 Å². The highest BCUT2D eigenvalue weighted by Gasteiger charge is 2.54. The summed E-state index contributed by atoms with van der Waals surface area (Å²) in [5, 5.41) is 0. The molecule has 2 heteroatoms. The minimum absolute atomic E-state index is 0.103. The number of imidazole rings is 1. The maximum atomic E-state index is 2.54. The Balaban J connectivity index is 2.42. The molecule has 118 valence electrons. The van der Waals surface area contributed by atoms with Crippen LogP contribution in [0.4, 0.5) is 0 Å². The third-order valence-electron chi connectivity index (χ3n) is 6.28. The molecular formula is C20H29N2+. The Morgan fingerprint density at radius 1 is 1.09 bits per heavy atom. The third kappa shape index (κ3) is 1.70. The van der Waals surface area contributed by atoms with Crippen molar-refractivity contribution in [1.82, 2.24) is 4.57 Å². The molecule has 1 aromatic heterocycles. The summed E-state index contributed by atoms with van der Waals surface area (Å²) in [6, 6.07) is 9.47. The molecule has 2 atom stereocenters. The van der Waals surface area contributed by atoms with Gasteiger partial charge in [0, 0.05) is 5.41 Å². The number of fused-ring (bicyclic) bond motifs is 3.